The largest absolute Gasteiger partial charge is 0.355 e. The fraction of sp³-hybridized carbons (Fsp3) is 0.412. The summed E-state index contributed by atoms with van der Waals surface area (Å²) in [5, 5.41) is 3.11. The molecule has 2 atom stereocenters. The highest BCUT2D eigenvalue weighted by molar-refractivity contribution is 5.80. The van der Waals surface area contributed by atoms with Crippen LogP contribution >= 0.6 is 0 Å². The number of hydrogen-bond donors (Lipinski definition) is 1. The van der Waals surface area contributed by atoms with E-state index in [0.717, 1.165) is 30.8 Å². The standard InChI is InChI=1S/C17H21N5O/c1-13(14-4-6-18-7-5-14)21-17(23)15-3-2-10-22(12-15)16-11-19-8-9-20-16/h4-9,11,13,15H,2-3,10,12H2,1H3,(H,21,23)/t13-,15+/m0/s1. The van der Waals surface area contributed by atoms with Gasteiger partial charge in [0.05, 0.1) is 18.2 Å². The van der Waals surface area contributed by atoms with Gasteiger partial charge in [0.15, 0.2) is 0 Å². The van der Waals surface area contributed by atoms with Crippen LogP contribution in [0, 0.1) is 5.92 Å². The number of amides is 1. The number of piperidine rings is 1. The van der Waals surface area contributed by atoms with Crippen molar-refractivity contribution in [3.63, 3.8) is 0 Å². The van der Waals surface area contributed by atoms with Crippen molar-refractivity contribution in [3.8, 4) is 0 Å². The first-order chi connectivity index (χ1) is 11.2. The molecule has 1 aliphatic rings. The number of pyridine rings is 1. The molecule has 23 heavy (non-hydrogen) atoms. The van der Waals surface area contributed by atoms with E-state index < -0.39 is 0 Å². The lowest BCUT2D eigenvalue weighted by atomic mass is 9.96. The number of carbonyl (C=O) groups is 1. The summed E-state index contributed by atoms with van der Waals surface area (Å²) in [5.41, 5.74) is 1.06. The van der Waals surface area contributed by atoms with Gasteiger partial charge in [-0.25, -0.2) is 4.98 Å². The Morgan fingerprint density at radius 1 is 1.26 bits per heavy atom. The Hall–Kier alpha value is -2.50. The van der Waals surface area contributed by atoms with Crippen molar-refractivity contribution in [2.45, 2.75) is 25.8 Å². The van der Waals surface area contributed by atoms with Gasteiger partial charge in [-0.1, -0.05) is 0 Å². The first-order valence-corrected chi connectivity index (χ1v) is 7.95. The van der Waals surface area contributed by atoms with Gasteiger partial charge < -0.3 is 10.2 Å². The number of nitrogens with one attached hydrogen (secondary N) is 1. The average molecular weight is 311 g/mol. The summed E-state index contributed by atoms with van der Waals surface area (Å²) in [6.45, 7) is 3.60. The highest BCUT2D eigenvalue weighted by Gasteiger charge is 2.27. The van der Waals surface area contributed by atoms with E-state index in [1.165, 1.54) is 0 Å². The summed E-state index contributed by atoms with van der Waals surface area (Å²) in [4.78, 5) is 27.2. The quantitative estimate of drug-likeness (QED) is 0.934. The SMILES string of the molecule is C[C@H](NC(=O)[C@@H]1CCCN(c2cnccn2)C1)c1ccncc1. The minimum atomic E-state index is -0.0185. The molecule has 3 heterocycles. The van der Waals surface area contributed by atoms with Gasteiger partial charge in [-0.05, 0) is 37.5 Å². The monoisotopic (exact) mass is 311 g/mol. The molecule has 1 aliphatic heterocycles. The van der Waals surface area contributed by atoms with Crippen molar-refractivity contribution in [3.05, 3.63) is 48.7 Å². The average Bonchev–Trinajstić information content (AvgIpc) is 2.63. The second-order valence-electron chi connectivity index (χ2n) is 5.86. The normalized spacial score (nSPS) is 19.2. The van der Waals surface area contributed by atoms with Crippen molar-refractivity contribution in [2.75, 3.05) is 18.0 Å². The molecule has 1 saturated heterocycles. The Labute approximate surface area is 136 Å². The van der Waals surface area contributed by atoms with E-state index >= 15 is 0 Å². The van der Waals surface area contributed by atoms with Crippen LogP contribution in [0.15, 0.2) is 43.1 Å². The Balaban J connectivity index is 1.61. The molecule has 0 spiro atoms. The maximum absolute atomic E-state index is 12.6. The van der Waals surface area contributed by atoms with E-state index in [2.05, 4.69) is 25.2 Å². The zero-order valence-corrected chi connectivity index (χ0v) is 13.2. The lowest BCUT2D eigenvalue weighted by Gasteiger charge is -2.33. The summed E-state index contributed by atoms with van der Waals surface area (Å²) < 4.78 is 0. The molecule has 6 nitrogen and oxygen atoms in total. The van der Waals surface area contributed by atoms with Crippen LogP contribution in [-0.2, 0) is 4.79 Å². The maximum Gasteiger partial charge on any atom is 0.225 e. The second kappa shape index (κ2) is 7.17. The van der Waals surface area contributed by atoms with Crippen molar-refractivity contribution in [2.24, 2.45) is 5.92 Å². The summed E-state index contributed by atoms with van der Waals surface area (Å²) in [7, 11) is 0. The molecule has 2 aromatic heterocycles. The van der Waals surface area contributed by atoms with Crippen LogP contribution in [0.3, 0.4) is 0 Å². The van der Waals surface area contributed by atoms with Gasteiger partial charge in [-0.2, -0.15) is 0 Å². The highest BCUT2D eigenvalue weighted by Crippen LogP contribution is 2.22. The molecule has 1 amide bonds. The first-order valence-electron chi connectivity index (χ1n) is 7.95. The van der Waals surface area contributed by atoms with Gasteiger partial charge in [-0.15, -0.1) is 0 Å². The topological polar surface area (TPSA) is 71.0 Å². The molecule has 0 radical (unpaired) electrons. The molecule has 2 aromatic rings. The summed E-state index contributed by atoms with van der Waals surface area (Å²) in [6.07, 6.45) is 10.5. The van der Waals surface area contributed by atoms with Gasteiger partial charge >= 0.3 is 0 Å². The van der Waals surface area contributed by atoms with Gasteiger partial charge in [0.25, 0.3) is 0 Å². The van der Waals surface area contributed by atoms with E-state index in [-0.39, 0.29) is 17.9 Å². The zero-order chi connectivity index (χ0) is 16.1. The van der Waals surface area contributed by atoms with Crippen molar-refractivity contribution < 1.29 is 4.79 Å². The minimum Gasteiger partial charge on any atom is -0.355 e. The molecule has 120 valence electrons. The minimum absolute atomic E-state index is 0.0163. The number of hydrogen-bond acceptors (Lipinski definition) is 5. The Morgan fingerprint density at radius 3 is 2.83 bits per heavy atom. The summed E-state index contributed by atoms with van der Waals surface area (Å²) in [6, 6.07) is 3.84. The molecule has 0 bridgehead atoms. The lowest BCUT2D eigenvalue weighted by Crippen LogP contribution is -2.44. The summed E-state index contributed by atoms with van der Waals surface area (Å²) >= 11 is 0. The second-order valence-corrected chi connectivity index (χ2v) is 5.86. The van der Waals surface area contributed by atoms with Gasteiger partial charge in [0.1, 0.15) is 5.82 Å². The van der Waals surface area contributed by atoms with Crippen LogP contribution in [0.25, 0.3) is 0 Å². The Kier molecular flexibility index (Phi) is 4.80. The summed E-state index contributed by atoms with van der Waals surface area (Å²) in [5.74, 6) is 0.921. The lowest BCUT2D eigenvalue weighted by molar-refractivity contribution is -0.125. The third-order valence-electron chi connectivity index (χ3n) is 4.23. The molecule has 0 aromatic carbocycles. The van der Waals surface area contributed by atoms with Crippen molar-refractivity contribution in [1.29, 1.82) is 0 Å². The molecule has 0 saturated carbocycles. The van der Waals surface area contributed by atoms with E-state index in [1.807, 2.05) is 19.1 Å². The molecular formula is C17H21N5O. The molecule has 1 N–H and O–H groups in total. The van der Waals surface area contributed by atoms with E-state index in [9.17, 15) is 4.79 Å². The van der Waals surface area contributed by atoms with E-state index in [1.54, 1.807) is 31.0 Å². The predicted molar refractivity (Wildman–Crippen MR) is 87.8 cm³/mol. The molecule has 6 heteroatoms. The van der Waals surface area contributed by atoms with Gasteiger partial charge in [-0.3, -0.25) is 14.8 Å². The smallest absolute Gasteiger partial charge is 0.225 e. The third-order valence-corrected chi connectivity index (χ3v) is 4.23. The van der Waals surface area contributed by atoms with E-state index in [0.29, 0.717) is 6.54 Å². The van der Waals surface area contributed by atoms with Crippen LogP contribution in [0.2, 0.25) is 0 Å². The van der Waals surface area contributed by atoms with Crippen LogP contribution in [0.1, 0.15) is 31.4 Å². The zero-order valence-electron chi connectivity index (χ0n) is 13.2. The van der Waals surface area contributed by atoms with Crippen molar-refractivity contribution >= 4 is 11.7 Å². The third kappa shape index (κ3) is 3.83. The molecule has 3 rings (SSSR count). The Bertz CT molecular complexity index is 634. The van der Waals surface area contributed by atoms with E-state index in [4.69, 9.17) is 0 Å². The fourth-order valence-electron chi connectivity index (χ4n) is 2.92. The number of aromatic nitrogens is 3. The van der Waals surface area contributed by atoms with Gasteiger partial charge in [0, 0.05) is 37.9 Å². The highest BCUT2D eigenvalue weighted by atomic mass is 16.2. The maximum atomic E-state index is 12.6. The Morgan fingerprint density at radius 2 is 2.09 bits per heavy atom. The molecular weight excluding hydrogens is 290 g/mol. The van der Waals surface area contributed by atoms with Crippen molar-refractivity contribution in [1.82, 2.24) is 20.3 Å². The molecule has 1 fully saturated rings. The van der Waals surface area contributed by atoms with Crippen LogP contribution in [-0.4, -0.2) is 33.9 Å². The van der Waals surface area contributed by atoms with Crippen LogP contribution in [0.5, 0.6) is 0 Å². The number of anilines is 1. The molecule has 0 unspecified atom stereocenters. The number of carbonyl (C=O) groups excluding carboxylic acids is 1. The van der Waals surface area contributed by atoms with Crippen LogP contribution < -0.4 is 10.2 Å². The first kappa shape index (κ1) is 15.4. The predicted octanol–water partition coefficient (Wildman–Crippen LogP) is 1.97. The van der Waals surface area contributed by atoms with Crippen LogP contribution in [0.4, 0.5) is 5.82 Å². The van der Waals surface area contributed by atoms with Gasteiger partial charge in [0.2, 0.25) is 5.91 Å². The fourth-order valence-corrected chi connectivity index (χ4v) is 2.92. The molecule has 0 aliphatic carbocycles. The number of nitrogens with zero attached hydrogens (tertiary/aromatic N) is 4. The number of rotatable bonds is 4.